The molecule has 0 spiro atoms. The first-order valence-corrected chi connectivity index (χ1v) is 4.15. The van der Waals surface area contributed by atoms with Gasteiger partial charge in [-0.1, -0.05) is 25.4 Å². The van der Waals surface area contributed by atoms with Gasteiger partial charge in [0.1, 0.15) is 10.8 Å². The molecule has 1 rings (SSSR count). The third-order valence-electron chi connectivity index (χ3n) is 1.75. The van der Waals surface area contributed by atoms with Crippen LogP contribution in [0.4, 0.5) is 13.2 Å². The van der Waals surface area contributed by atoms with Crippen LogP contribution in [0.15, 0.2) is 6.07 Å². The van der Waals surface area contributed by atoms with E-state index in [2.05, 4.69) is 0 Å². The predicted octanol–water partition coefficient (Wildman–Crippen LogP) is 3.88. The standard InChI is InChI=1S/C9H8ClF3/c1-4(2)5-3-6(11)7(10)9(13)8(5)12/h3-4H,1-2H3. The molecule has 0 saturated carbocycles. The highest BCUT2D eigenvalue weighted by Crippen LogP contribution is 2.28. The fraction of sp³-hybridized carbons (Fsp3) is 0.333. The van der Waals surface area contributed by atoms with Gasteiger partial charge in [-0.15, -0.1) is 0 Å². The van der Waals surface area contributed by atoms with Crippen molar-refractivity contribution in [1.82, 2.24) is 0 Å². The lowest BCUT2D eigenvalue weighted by molar-refractivity contribution is 0.480. The Kier molecular flexibility index (Phi) is 2.86. The highest BCUT2D eigenvalue weighted by Gasteiger charge is 2.18. The molecule has 0 atom stereocenters. The van der Waals surface area contributed by atoms with E-state index in [1.54, 1.807) is 13.8 Å². The Labute approximate surface area is 79.3 Å². The van der Waals surface area contributed by atoms with E-state index < -0.39 is 22.5 Å². The van der Waals surface area contributed by atoms with E-state index in [4.69, 9.17) is 11.6 Å². The van der Waals surface area contributed by atoms with Crippen LogP contribution >= 0.6 is 11.6 Å². The highest BCUT2D eigenvalue weighted by molar-refractivity contribution is 6.30. The molecule has 0 fully saturated rings. The van der Waals surface area contributed by atoms with Crippen LogP contribution in [0.25, 0.3) is 0 Å². The zero-order chi connectivity index (χ0) is 10.2. The van der Waals surface area contributed by atoms with E-state index in [1.807, 2.05) is 0 Å². The molecular formula is C9H8ClF3. The van der Waals surface area contributed by atoms with Crippen LogP contribution in [-0.4, -0.2) is 0 Å². The molecule has 0 nitrogen and oxygen atoms in total. The summed E-state index contributed by atoms with van der Waals surface area (Å²) < 4.78 is 38.8. The largest absolute Gasteiger partial charge is 0.205 e. The van der Waals surface area contributed by atoms with Crippen molar-refractivity contribution >= 4 is 11.6 Å². The molecule has 1 aromatic carbocycles. The molecule has 0 aliphatic heterocycles. The van der Waals surface area contributed by atoms with Crippen molar-refractivity contribution in [2.75, 3.05) is 0 Å². The molecule has 0 amide bonds. The van der Waals surface area contributed by atoms with Crippen molar-refractivity contribution < 1.29 is 13.2 Å². The lowest BCUT2D eigenvalue weighted by atomic mass is 10.0. The molecule has 0 radical (unpaired) electrons. The second-order valence-electron chi connectivity index (χ2n) is 3.04. The van der Waals surface area contributed by atoms with Crippen LogP contribution in [0.1, 0.15) is 25.3 Å². The van der Waals surface area contributed by atoms with Crippen molar-refractivity contribution in [3.8, 4) is 0 Å². The summed E-state index contributed by atoms with van der Waals surface area (Å²) in [5.41, 5.74) is -0.000556. The minimum Gasteiger partial charge on any atom is -0.205 e. The van der Waals surface area contributed by atoms with Gasteiger partial charge in [0.15, 0.2) is 11.6 Å². The fourth-order valence-corrected chi connectivity index (χ4v) is 1.15. The second kappa shape index (κ2) is 3.58. The SMILES string of the molecule is CC(C)c1cc(F)c(Cl)c(F)c1F. The number of hydrogen-bond donors (Lipinski definition) is 0. The van der Waals surface area contributed by atoms with Gasteiger partial charge in [-0.2, -0.15) is 0 Å². The molecule has 0 bridgehead atoms. The van der Waals surface area contributed by atoms with Crippen LogP contribution in [0.2, 0.25) is 5.02 Å². The average Bonchev–Trinajstić information content (AvgIpc) is 2.07. The lowest BCUT2D eigenvalue weighted by Gasteiger charge is -2.08. The lowest BCUT2D eigenvalue weighted by Crippen LogP contribution is -1.99. The number of benzene rings is 1. The molecule has 0 N–H and O–H groups in total. The van der Waals surface area contributed by atoms with Gasteiger partial charge in [0, 0.05) is 0 Å². The smallest absolute Gasteiger partial charge is 0.180 e. The molecule has 1 aromatic rings. The van der Waals surface area contributed by atoms with Crippen LogP contribution in [0.3, 0.4) is 0 Å². The van der Waals surface area contributed by atoms with Crippen LogP contribution < -0.4 is 0 Å². The first kappa shape index (κ1) is 10.4. The molecule has 72 valence electrons. The van der Waals surface area contributed by atoms with Crippen molar-refractivity contribution in [1.29, 1.82) is 0 Å². The van der Waals surface area contributed by atoms with Gasteiger partial charge in [0.25, 0.3) is 0 Å². The van der Waals surface area contributed by atoms with Gasteiger partial charge in [0.05, 0.1) is 0 Å². The maximum Gasteiger partial charge on any atom is 0.180 e. The van der Waals surface area contributed by atoms with Gasteiger partial charge in [-0.25, -0.2) is 13.2 Å². The van der Waals surface area contributed by atoms with E-state index in [9.17, 15) is 13.2 Å². The van der Waals surface area contributed by atoms with Crippen LogP contribution in [0, 0.1) is 17.5 Å². The minimum absolute atomic E-state index is 0.000556. The molecule has 0 aromatic heterocycles. The molecule has 0 aliphatic carbocycles. The third kappa shape index (κ3) is 1.80. The van der Waals surface area contributed by atoms with Crippen molar-refractivity contribution in [2.24, 2.45) is 0 Å². The van der Waals surface area contributed by atoms with Gasteiger partial charge >= 0.3 is 0 Å². The monoisotopic (exact) mass is 208 g/mol. The molecule has 0 aliphatic rings. The number of rotatable bonds is 1. The fourth-order valence-electron chi connectivity index (χ4n) is 1.01. The first-order valence-electron chi connectivity index (χ1n) is 3.78. The van der Waals surface area contributed by atoms with Crippen LogP contribution in [-0.2, 0) is 0 Å². The number of halogens is 4. The summed E-state index contributed by atoms with van der Waals surface area (Å²) in [4.78, 5) is 0. The number of hydrogen-bond acceptors (Lipinski definition) is 0. The summed E-state index contributed by atoms with van der Waals surface area (Å²) in [6, 6.07) is 0.922. The Morgan fingerprint density at radius 2 is 1.69 bits per heavy atom. The Balaban J connectivity index is 3.41. The van der Waals surface area contributed by atoms with Crippen molar-refractivity contribution in [2.45, 2.75) is 19.8 Å². The summed E-state index contributed by atoms with van der Waals surface area (Å²) in [5.74, 6) is -3.59. The summed E-state index contributed by atoms with van der Waals surface area (Å²) >= 11 is 5.17. The van der Waals surface area contributed by atoms with Crippen molar-refractivity contribution in [3.05, 3.63) is 34.1 Å². The van der Waals surface area contributed by atoms with Gasteiger partial charge in [-0.3, -0.25) is 0 Å². The van der Waals surface area contributed by atoms with E-state index in [0.29, 0.717) is 0 Å². The van der Waals surface area contributed by atoms with E-state index in [1.165, 1.54) is 0 Å². The van der Waals surface area contributed by atoms with E-state index in [-0.39, 0.29) is 11.5 Å². The van der Waals surface area contributed by atoms with Gasteiger partial charge < -0.3 is 0 Å². The minimum atomic E-state index is -1.31. The zero-order valence-electron chi connectivity index (χ0n) is 7.17. The predicted molar refractivity (Wildman–Crippen MR) is 45.4 cm³/mol. The highest BCUT2D eigenvalue weighted by atomic mass is 35.5. The van der Waals surface area contributed by atoms with Crippen LogP contribution in [0.5, 0.6) is 0 Å². The summed E-state index contributed by atoms with van der Waals surface area (Å²) in [7, 11) is 0. The maximum atomic E-state index is 13.1. The summed E-state index contributed by atoms with van der Waals surface area (Å²) in [6.45, 7) is 3.29. The van der Waals surface area contributed by atoms with Crippen molar-refractivity contribution in [3.63, 3.8) is 0 Å². The van der Waals surface area contributed by atoms with E-state index >= 15 is 0 Å². The molecule has 0 saturated heterocycles. The third-order valence-corrected chi connectivity index (χ3v) is 2.10. The second-order valence-corrected chi connectivity index (χ2v) is 3.42. The topological polar surface area (TPSA) is 0 Å². The molecule has 13 heavy (non-hydrogen) atoms. The quantitative estimate of drug-likeness (QED) is 0.485. The zero-order valence-corrected chi connectivity index (χ0v) is 7.92. The first-order chi connectivity index (χ1) is 5.95. The summed E-state index contributed by atoms with van der Waals surface area (Å²) in [5, 5.41) is -0.790. The summed E-state index contributed by atoms with van der Waals surface area (Å²) in [6.07, 6.45) is 0. The van der Waals surface area contributed by atoms with Gasteiger partial charge in [0.2, 0.25) is 0 Å². The molecule has 4 heteroatoms. The van der Waals surface area contributed by atoms with E-state index in [0.717, 1.165) is 6.07 Å². The van der Waals surface area contributed by atoms with Gasteiger partial charge in [-0.05, 0) is 17.5 Å². The Morgan fingerprint density at radius 1 is 1.15 bits per heavy atom. The normalized spacial score (nSPS) is 11.0. The Morgan fingerprint density at radius 3 is 2.15 bits per heavy atom. The Bertz CT molecular complexity index is 334. The Hall–Kier alpha value is -0.700. The molecule has 0 unspecified atom stereocenters. The average molecular weight is 209 g/mol. The maximum absolute atomic E-state index is 13.1. The molecular weight excluding hydrogens is 201 g/mol. The molecule has 0 heterocycles.